The number of carboxylic acids is 1. The minimum absolute atomic E-state index is 0.0526. The first-order chi connectivity index (χ1) is 6.57. The Hall–Kier alpha value is -1.10. The highest BCUT2D eigenvalue weighted by atomic mass is 16.4. The number of hydrogen-bond acceptors (Lipinski definition) is 3. The molecule has 82 valence electrons. The lowest BCUT2D eigenvalue weighted by atomic mass is 10.2. The molecule has 0 aromatic carbocycles. The zero-order valence-electron chi connectivity index (χ0n) is 8.67. The SMILES string of the molecule is CNC(=O)C(C)NCCCCC(=O)O. The summed E-state index contributed by atoms with van der Waals surface area (Å²) in [6.07, 6.45) is 1.60. The highest BCUT2D eigenvalue weighted by molar-refractivity contribution is 5.80. The molecule has 0 aliphatic carbocycles. The third kappa shape index (κ3) is 6.42. The molecule has 0 aliphatic rings. The van der Waals surface area contributed by atoms with E-state index in [1.54, 1.807) is 14.0 Å². The van der Waals surface area contributed by atoms with Gasteiger partial charge in [0.2, 0.25) is 5.91 Å². The molecule has 1 amide bonds. The van der Waals surface area contributed by atoms with Crippen LogP contribution in [0.1, 0.15) is 26.2 Å². The molecule has 0 aromatic heterocycles. The van der Waals surface area contributed by atoms with Gasteiger partial charge in [-0.15, -0.1) is 0 Å². The second kappa shape index (κ2) is 7.32. The molecular weight excluding hydrogens is 184 g/mol. The fourth-order valence-electron chi connectivity index (χ4n) is 1.03. The molecule has 0 rings (SSSR count). The summed E-state index contributed by atoms with van der Waals surface area (Å²) in [5.74, 6) is -0.826. The van der Waals surface area contributed by atoms with E-state index in [9.17, 15) is 9.59 Å². The lowest BCUT2D eigenvalue weighted by molar-refractivity contribution is -0.137. The fraction of sp³-hybridized carbons (Fsp3) is 0.778. The number of likely N-dealkylation sites (N-methyl/N-ethyl adjacent to an activating group) is 1. The van der Waals surface area contributed by atoms with Crippen LogP contribution in [0.15, 0.2) is 0 Å². The maximum absolute atomic E-state index is 11.0. The molecule has 0 spiro atoms. The maximum Gasteiger partial charge on any atom is 0.303 e. The number of nitrogens with one attached hydrogen (secondary N) is 2. The molecule has 5 heteroatoms. The maximum atomic E-state index is 11.0. The topological polar surface area (TPSA) is 78.4 Å². The van der Waals surface area contributed by atoms with E-state index >= 15 is 0 Å². The quantitative estimate of drug-likeness (QED) is 0.506. The van der Waals surface area contributed by atoms with Crippen molar-refractivity contribution in [3.8, 4) is 0 Å². The summed E-state index contributed by atoms with van der Waals surface area (Å²) in [6, 6.07) is -0.218. The number of hydrogen-bond donors (Lipinski definition) is 3. The Balaban J connectivity index is 3.36. The minimum atomic E-state index is -0.774. The number of amides is 1. The molecule has 1 atom stereocenters. The van der Waals surface area contributed by atoms with Crippen molar-refractivity contribution in [2.45, 2.75) is 32.2 Å². The average molecular weight is 202 g/mol. The van der Waals surface area contributed by atoms with Crippen molar-refractivity contribution >= 4 is 11.9 Å². The molecule has 5 nitrogen and oxygen atoms in total. The number of carboxylic acid groups (broad SMARTS) is 1. The summed E-state index contributed by atoms with van der Waals surface area (Å²) in [7, 11) is 1.59. The molecule has 1 unspecified atom stereocenters. The van der Waals surface area contributed by atoms with Crippen molar-refractivity contribution in [1.82, 2.24) is 10.6 Å². The molecule has 0 saturated carbocycles. The van der Waals surface area contributed by atoms with Crippen molar-refractivity contribution < 1.29 is 14.7 Å². The molecule has 0 aliphatic heterocycles. The number of unbranched alkanes of at least 4 members (excludes halogenated alkanes) is 1. The number of carbonyl (C=O) groups excluding carboxylic acids is 1. The van der Waals surface area contributed by atoms with Gasteiger partial charge in [-0.3, -0.25) is 9.59 Å². The Labute approximate surface area is 83.9 Å². The zero-order chi connectivity index (χ0) is 11.0. The molecular formula is C9H18N2O3. The monoisotopic (exact) mass is 202 g/mol. The van der Waals surface area contributed by atoms with Gasteiger partial charge in [-0.25, -0.2) is 0 Å². The summed E-state index contributed by atoms with van der Waals surface area (Å²) in [5, 5.41) is 13.9. The van der Waals surface area contributed by atoms with Crippen LogP contribution in [-0.4, -0.2) is 36.6 Å². The predicted molar refractivity (Wildman–Crippen MR) is 53.0 cm³/mol. The Morgan fingerprint density at radius 3 is 2.50 bits per heavy atom. The van der Waals surface area contributed by atoms with Gasteiger partial charge in [-0.2, -0.15) is 0 Å². The van der Waals surface area contributed by atoms with Crippen molar-refractivity contribution in [1.29, 1.82) is 0 Å². The van der Waals surface area contributed by atoms with Crippen molar-refractivity contribution in [2.75, 3.05) is 13.6 Å². The van der Waals surface area contributed by atoms with Crippen molar-refractivity contribution in [3.63, 3.8) is 0 Å². The van der Waals surface area contributed by atoms with Gasteiger partial charge in [0.05, 0.1) is 6.04 Å². The standard InChI is InChI=1S/C9H18N2O3/c1-7(9(14)10-2)11-6-4-3-5-8(12)13/h7,11H,3-6H2,1-2H3,(H,10,14)(H,12,13). The van der Waals surface area contributed by atoms with E-state index in [-0.39, 0.29) is 18.4 Å². The van der Waals surface area contributed by atoms with E-state index in [4.69, 9.17) is 5.11 Å². The number of carbonyl (C=O) groups is 2. The Morgan fingerprint density at radius 2 is 2.00 bits per heavy atom. The first kappa shape index (κ1) is 12.9. The van der Waals surface area contributed by atoms with Gasteiger partial charge in [0.25, 0.3) is 0 Å². The molecule has 14 heavy (non-hydrogen) atoms. The van der Waals surface area contributed by atoms with Crippen molar-refractivity contribution in [3.05, 3.63) is 0 Å². The van der Waals surface area contributed by atoms with Crippen LogP contribution in [0, 0.1) is 0 Å². The summed E-state index contributed by atoms with van der Waals surface area (Å²) >= 11 is 0. The Kier molecular flexibility index (Phi) is 6.74. The van der Waals surface area contributed by atoms with Gasteiger partial charge in [0, 0.05) is 13.5 Å². The van der Waals surface area contributed by atoms with Gasteiger partial charge >= 0.3 is 5.97 Å². The van der Waals surface area contributed by atoms with Crippen LogP contribution in [-0.2, 0) is 9.59 Å². The molecule has 0 aromatic rings. The van der Waals surface area contributed by atoms with Crippen LogP contribution in [0.25, 0.3) is 0 Å². The van der Waals surface area contributed by atoms with Crippen LogP contribution in [0.5, 0.6) is 0 Å². The predicted octanol–water partition coefficient (Wildman–Crippen LogP) is -0.0346. The lowest BCUT2D eigenvalue weighted by Gasteiger charge is -2.11. The molecule has 0 radical (unpaired) electrons. The van der Waals surface area contributed by atoms with E-state index in [0.29, 0.717) is 13.0 Å². The lowest BCUT2D eigenvalue weighted by Crippen LogP contribution is -2.40. The second-order valence-electron chi connectivity index (χ2n) is 3.14. The minimum Gasteiger partial charge on any atom is -0.481 e. The van der Waals surface area contributed by atoms with Crippen molar-refractivity contribution in [2.24, 2.45) is 0 Å². The van der Waals surface area contributed by atoms with Gasteiger partial charge in [0.15, 0.2) is 0 Å². The first-order valence-electron chi connectivity index (χ1n) is 4.74. The van der Waals surface area contributed by atoms with Gasteiger partial charge in [0.1, 0.15) is 0 Å². The summed E-state index contributed by atoms with van der Waals surface area (Å²) in [5.41, 5.74) is 0. The van der Waals surface area contributed by atoms with E-state index in [1.807, 2.05) is 0 Å². The Morgan fingerprint density at radius 1 is 1.36 bits per heavy atom. The summed E-state index contributed by atoms with van der Waals surface area (Å²) in [6.45, 7) is 2.44. The number of aliphatic carboxylic acids is 1. The normalized spacial score (nSPS) is 12.1. The summed E-state index contributed by atoms with van der Waals surface area (Å²) < 4.78 is 0. The van der Waals surface area contributed by atoms with Crippen LogP contribution < -0.4 is 10.6 Å². The van der Waals surface area contributed by atoms with Crippen LogP contribution in [0.4, 0.5) is 0 Å². The van der Waals surface area contributed by atoms with Crippen LogP contribution in [0.3, 0.4) is 0 Å². The van der Waals surface area contributed by atoms with Gasteiger partial charge in [-0.1, -0.05) is 0 Å². The molecule has 0 bridgehead atoms. The number of rotatable bonds is 7. The smallest absolute Gasteiger partial charge is 0.303 e. The van der Waals surface area contributed by atoms with E-state index < -0.39 is 5.97 Å². The molecule has 0 heterocycles. The van der Waals surface area contributed by atoms with Crippen LogP contribution >= 0.6 is 0 Å². The summed E-state index contributed by atoms with van der Waals surface area (Å²) in [4.78, 5) is 21.2. The highest BCUT2D eigenvalue weighted by Crippen LogP contribution is 1.94. The van der Waals surface area contributed by atoms with Gasteiger partial charge < -0.3 is 15.7 Å². The van der Waals surface area contributed by atoms with E-state index in [0.717, 1.165) is 6.42 Å². The zero-order valence-corrected chi connectivity index (χ0v) is 8.67. The molecule has 0 fully saturated rings. The van der Waals surface area contributed by atoms with Gasteiger partial charge in [-0.05, 0) is 26.3 Å². The average Bonchev–Trinajstić information content (AvgIpc) is 2.15. The second-order valence-corrected chi connectivity index (χ2v) is 3.14. The highest BCUT2D eigenvalue weighted by Gasteiger charge is 2.08. The fourth-order valence-corrected chi connectivity index (χ4v) is 1.03. The third-order valence-electron chi connectivity index (χ3n) is 1.91. The van der Waals surface area contributed by atoms with Crippen LogP contribution in [0.2, 0.25) is 0 Å². The molecule has 3 N–H and O–H groups in total. The first-order valence-corrected chi connectivity index (χ1v) is 4.74. The van der Waals surface area contributed by atoms with E-state index in [2.05, 4.69) is 10.6 Å². The molecule has 0 saturated heterocycles. The Bertz CT molecular complexity index is 194. The largest absolute Gasteiger partial charge is 0.481 e. The third-order valence-corrected chi connectivity index (χ3v) is 1.91. The van der Waals surface area contributed by atoms with E-state index in [1.165, 1.54) is 0 Å².